The third-order valence-electron chi connectivity index (χ3n) is 4.71. The predicted molar refractivity (Wildman–Crippen MR) is 113 cm³/mol. The molecule has 0 aliphatic rings. The molecule has 0 fully saturated rings. The van der Waals surface area contributed by atoms with Crippen molar-refractivity contribution in [3.63, 3.8) is 0 Å². The second-order valence-electron chi connectivity index (χ2n) is 6.37. The van der Waals surface area contributed by atoms with Crippen LogP contribution in [0.5, 0.6) is 5.75 Å². The van der Waals surface area contributed by atoms with Gasteiger partial charge in [-0.25, -0.2) is 4.98 Å². The number of aryl methyl sites for hydroxylation is 1. The number of benzene rings is 2. The molecule has 2 heterocycles. The molecule has 0 radical (unpaired) electrons. The van der Waals surface area contributed by atoms with Crippen LogP contribution in [-0.4, -0.2) is 22.6 Å². The molecule has 0 atom stereocenters. The molecular formula is C22H21N3O2S. The van der Waals surface area contributed by atoms with Gasteiger partial charge in [0, 0.05) is 34.9 Å². The van der Waals surface area contributed by atoms with Crippen LogP contribution in [0.2, 0.25) is 0 Å². The number of aromatic nitrogens is 2. The molecule has 2 aromatic heterocycles. The molecule has 1 N–H and O–H groups in total. The van der Waals surface area contributed by atoms with Crippen LogP contribution in [0.3, 0.4) is 0 Å². The van der Waals surface area contributed by atoms with Gasteiger partial charge in [0.15, 0.2) is 0 Å². The number of hydrogen-bond donors (Lipinski definition) is 1. The van der Waals surface area contributed by atoms with Crippen molar-refractivity contribution in [1.29, 1.82) is 0 Å². The molecule has 0 saturated carbocycles. The number of carbonyl (C=O) groups excluding carboxylic acids is 1. The van der Waals surface area contributed by atoms with Gasteiger partial charge < -0.3 is 14.6 Å². The number of fused-ring (bicyclic) bond motifs is 1. The number of carbonyl (C=O) groups is 1. The lowest BCUT2D eigenvalue weighted by atomic mass is 10.2. The minimum atomic E-state index is -0.187. The first-order valence-electron chi connectivity index (χ1n) is 9.15. The molecule has 142 valence electrons. The van der Waals surface area contributed by atoms with E-state index in [-0.39, 0.29) is 5.91 Å². The van der Waals surface area contributed by atoms with Crippen molar-refractivity contribution >= 4 is 28.1 Å². The van der Waals surface area contributed by atoms with Crippen molar-refractivity contribution in [3.8, 4) is 16.5 Å². The minimum Gasteiger partial charge on any atom is -0.496 e. The Kier molecular flexibility index (Phi) is 5.12. The maximum atomic E-state index is 12.6. The van der Waals surface area contributed by atoms with Gasteiger partial charge in [0.25, 0.3) is 5.91 Å². The van der Waals surface area contributed by atoms with E-state index >= 15 is 0 Å². The molecule has 4 rings (SSSR count). The molecule has 6 heteroatoms. The Morgan fingerprint density at radius 2 is 1.96 bits per heavy atom. The molecule has 0 spiro atoms. The standard InChI is InChI=1S/C22H21N3O2S/c1-3-25-18-10-6-4-8-15(18)12-19(25)22-24-17(14-28-22)21(26)23-13-16-9-5-7-11-20(16)27-2/h4-12,14H,3,13H2,1-2H3,(H,23,26). The van der Waals surface area contributed by atoms with Crippen molar-refractivity contribution < 1.29 is 9.53 Å². The predicted octanol–water partition coefficient (Wildman–Crippen LogP) is 4.72. The van der Waals surface area contributed by atoms with Gasteiger partial charge in [0.2, 0.25) is 0 Å². The van der Waals surface area contributed by atoms with Crippen LogP contribution in [0.25, 0.3) is 21.6 Å². The number of rotatable bonds is 6. The first kappa shape index (κ1) is 18.3. The summed E-state index contributed by atoms with van der Waals surface area (Å²) < 4.78 is 7.56. The van der Waals surface area contributed by atoms with E-state index in [0.717, 1.165) is 28.6 Å². The first-order chi connectivity index (χ1) is 13.7. The number of hydrogen-bond acceptors (Lipinski definition) is 4. The van der Waals surface area contributed by atoms with Gasteiger partial charge in [0.05, 0.1) is 12.8 Å². The van der Waals surface area contributed by atoms with Crippen LogP contribution in [0, 0.1) is 0 Å². The summed E-state index contributed by atoms with van der Waals surface area (Å²) in [6, 6.07) is 18.1. The maximum absolute atomic E-state index is 12.6. The average molecular weight is 391 g/mol. The Morgan fingerprint density at radius 3 is 2.79 bits per heavy atom. The fourth-order valence-corrected chi connectivity index (χ4v) is 4.16. The maximum Gasteiger partial charge on any atom is 0.271 e. The van der Waals surface area contributed by atoms with Gasteiger partial charge in [-0.1, -0.05) is 36.4 Å². The van der Waals surface area contributed by atoms with Crippen LogP contribution in [0.1, 0.15) is 23.0 Å². The van der Waals surface area contributed by atoms with E-state index in [1.165, 1.54) is 22.2 Å². The molecule has 0 aliphatic carbocycles. The van der Waals surface area contributed by atoms with Gasteiger partial charge in [-0.15, -0.1) is 11.3 Å². The second-order valence-corrected chi connectivity index (χ2v) is 7.22. The summed E-state index contributed by atoms with van der Waals surface area (Å²) in [4.78, 5) is 17.2. The molecule has 0 bridgehead atoms. The highest BCUT2D eigenvalue weighted by Crippen LogP contribution is 2.30. The fourth-order valence-electron chi connectivity index (χ4n) is 3.34. The number of thiazole rings is 1. The summed E-state index contributed by atoms with van der Waals surface area (Å²) in [5, 5.41) is 6.76. The Bertz CT molecular complexity index is 1130. The van der Waals surface area contributed by atoms with Gasteiger partial charge in [0.1, 0.15) is 16.5 Å². The highest BCUT2D eigenvalue weighted by atomic mass is 32.1. The number of para-hydroxylation sites is 2. The van der Waals surface area contributed by atoms with Crippen molar-refractivity contribution in [2.75, 3.05) is 7.11 Å². The molecule has 4 aromatic rings. The smallest absolute Gasteiger partial charge is 0.271 e. The van der Waals surface area contributed by atoms with E-state index in [1.807, 2.05) is 41.8 Å². The van der Waals surface area contributed by atoms with E-state index in [9.17, 15) is 4.79 Å². The topological polar surface area (TPSA) is 56.2 Å². The summed E-state index contributed by atoms with van der Waals surface area (Å²) >= 11 is 1.49. The van der Waals surface area contributed by atoms with E-state index in [1.54, 1.807) is 7.11 Å². The van der Waals surface area contributed by atoms with E-state index in [4.69, 9.17) is 4.74 Å². The van der Waals surface area contributed by atoms with Crippen molar-refractivity contribution in [1.82, 2.24) is 14.9 Å². The lowest BCUT2D eigenvalue weighted by Gasteiger charge is -2.08. The van der Waals surface area contributed by atoms with Gasteiger partial charge >= 0.3 is 0 Å². The summed E-state index contributed by atoms with van der Waals surface area (Å²) in [5.74, 6) is 0.571. The van der Waals surface area contributed by atoms with Crippen molar-refractivity contribution in [2.24, 2.45) is 0 Å². The van der Waals surface area contributed by atoms with E-state index in [0.29, 0.717) is 12.2 Å². The highest BCUT2D eigenvalue weighted by molar-refractivity contribution is 7.13. The lowest BCUT2D eigenvalue weighted by Crippen LogP contribution is -2.23. The zero-order valence-corrected chi connectivity index (χ0v) is 16.6. The van der Waals surface area contributed by atoms with Crippen LogP contribution >= 0.6 is 11.3 Å². The molecule has 28 heavy (non-hydrogen) atoms. The van der Waals surface area contributed by atoms with Crippen molar-refractivity contribution in [3.05, 3.63) is 71.2 Å². The van der Waals surface area contributed by atoms with Gasteiger partial charge in [-0.05, 0) is 25.1 Å². The Balaban J connectivity index is 1.55. The lowest BCUT2D eigenvalue weighted by molar-refractivity contribution is 0.0946. The number of methoxy groups -OCH3 is 1. The van der Waals surface area contributed by atoms with E-state index < -0.39 is 0 Å². The Hall–Kier alpha value is -3.12. The fraction of sp³-hybridized carbons (Fsp3) is 0.182. The quantitative estimate of drug-likeness (QED) is 0.517. The zero-order valence-electron chi connectivity index (χ0n) is 15.8. The molecule has 5 nitrogen and oxygen atoms in total. The number of ether oxygens (including phenoxy) is 1. The Labute approximate surface area is 167 Å². The SMILES string of the molecule is CCn1c(-c2nc(C(=O)NCc3ccccc3OC)cs2)cc2ccccc21. The largest absolute Gasteiger partial charge is 0.496 e. The molecule has 2 aromatic carbocycles. The van der Waals surface area contributed by atoms with Crippen LogP contribution < -0.4 is 10.1 Å². The Morgan fingerprint density at radius 1 is 1.18 bits per heavy atom. The average Bonchev–Trinajstić information content (AvgIpc) is 3.36. The minimum absolute atomic E-state index is 0.187. The monoisotopic (exact) mass is 391 g/mol. The molecular weight excluding hydrogens is 370 g/mol. The second kappa shape index (κ2) is 7.86. The van der Waals surface area contributed by atoms with Crippen LogP contribution in [0.4, 0.5) is 0 Å². The third kappa shape index (κ3) is 3.39. The number of nitrogens with one attached hydrogen (secondary N) is 1. The molecule has 1 amide bonds. The zero-order chi connectivity index (χ0) is 19.5. The first-order valence-corrected chi connectivity index (χ1v) is 10.0. The summed E-state index contributed by atoms with van der Waals surface area (Å²) in [6.45, 7) is 3.35. The normalized spacial score (nSPS) is 10.9. The number of amides is 1. The highest BCUT2D eigenvalue weighted by Gasteiger charge is 2.16. The summed E-state index contributed by atoms with van der Waals surface area (Å²) in [5.41, 5.74) is 3.58. The number of nitrogens with zero attached hydrogens (tertiary/aromatic N) is 2. The van der Waals surface area contributed by atoms with Gasteiger partial charge in [-0.3, -0.25) is 4.79 Å². The molecule has 0 aliphatic heterocycles. The molecule has 0 unspecified atom stereocenters. The van der Waals surface area contributed by atoms with Gasteiger partial charge in [-0.2, -0.15) is 0 Å². The van der Waals surface area contributed by atoms with Crippen LogP contribution in [-0.2, 0) is 13.1 Å². The van der Waals surface area contributed by atoms with Crippen molar-refractivity contribution in [2.45, 2.75) is 20.0 Å². The third-order valence-corrected chi connectivity index (χ3v) is 5.58. The van der Waals surface area contributed by atoms with E-state index in [2.05, 4.69) is 40.0 Å². The van der Waals surface area contributed by atoms with Crippen LogP contribution in [0.15, 0.2) is 60.0 Å². The summed E-state index contributed by atoms with van der Waals surface area (Å²) in [6.07, 6.45) is 0. The summed E-state index contributed by atoms with van der Waals surface area (Å²) in [7, 11) is 1.63. The molecule has 0 saturated heterocycles.